The summed E-state index contributed by atoms with van der Waals surface area (Å²) in [7, 11) is 20.9. The van der Waals surface area contributed by atoms with E-state index in [2.05, 4.69) is 20.6 Å². The van der Waals surface area contributed by atoms with Crippen LogP contribution in [0.15, 0.2) is 9.98 Å². The fourth-order valence-electron chi connectivity index (χ4n) is 9.86. The van der Waals surface area contributed by atoms with Crippen LogP contribution in [0.3, 0.4) is 0 Å². The first-order valence-electron chi connectivity index (χ1n) is 25.6. The number of benzene rings is 1. The van der Waals surface area contributed by atoms with Crippen molar-refractivity contribution in [1.29, 1.82) is 0 Å². The van der Waals surface area contributed by atoms with Gasteiger partial charge >= 0.3 is 20.2 Å². The Morgan fingerprint density at radius 3 is 1.66 bits per heavy atom. The maximum absolute atomic E-state index is 12.9. The molecule has 32 nitrogen and oxygen atoms in total. The molecule has 0 aromatic heterocycles. The van der Waals surface area contributed by atoms with Crippen LogP contribution in [0, 0.1) is 0 Å². The van der Waals surface area contributed by atoms with Gasteiger partial charge in [-0.05, 0) is 95.5 Å². The Morgan fingerprint density at radius 1 is 0.711 bits per heavy atom. The quantitative estimate of drug-likeness (QED) is 0.00691. The van der Waals surface area contributed by atoms with Gasteiger partial charge in [-0.1, -0.05) is 0 Å². The van der Waals surface area contributed by atoms with Crippen molar-refractivity contribution in [2.45, 2.75) is 161 Å². The number of nitrogens with zero attached hydrogens (tertiary/aromatic N) is 2. The molecule has 0 aliphatic carbocycles. The van der Waals surface area contributed by atoms with E-state index in [1.54, 1.807) is 13.8 Å². The Balaban J connectivity index is 1.08. The van der Waals surface area contributed by atoms with E-state index >= 15 is 0 Å². The van der Waals surface area contributed by atoms with Crippen LogP contribution in [0.25, 0.3) is 0 Å². The molecule has 0 saturated carbocycles. The van der Waals surface area contributed by atoms with Gasteiger partial charge in [0.15, 0.2) is 52.9 Å². The summed E-state index contributed by atoms with van der Waals surface area (Å²) in [5.74, 6) is -5.35. The molecule has 6 rings (SSSR count). The van der Waals surface area contributed by atoms with Crippen molar-refractivity contribution >= 4 is 102 Å². The first-order valence-corrected chi connectivity index (χ1v) is 33.4. The van der Waals surface area contributed by atoms with Gasteiger partial charge in [0.1, 0.15) is 65.8 Å². The third-order valence-corrected chi connectivity index (χ3v) is 18.7. The molecule has 5 aliphatic heterocycles. The molecule has 5 saturated heterocycles. The SMILES string of the molecule is [B]C1CC(OP(O)(=S)OCC2OC([B])CC2OP(O)(=S)OCC2OC([B])CC2OP(O)(=S)OCCCNC(C)(C)C2(O)C(C)OC(Oc3c(O)c(O)c(N=C(N)N)c(O)c3N=C(N)N)C2OC2OC(CO)C(O)C(O)C2NC)C(COC)O1. The van der Waals surface area contributed by atoms with Crippen LogP contribution in [0.2, 0.25) is 0 Å². The molecule has 5 aliphatic rings. The number of ether oxygens (including phenoxy) is 8. The fourth-order valence-corrected chi connectivity index (χ4v) is 14.4. The molecule has 20 N–H and O–H groups in total. The monoisotopic (exact) mass is 1290 g/mol. The van der Waals surface area contributed by atoms with Crippen molar-refractivity contribution in [1.82, 2.24) is 10.6 Å². The second-order valence-corrected chi connectivity index (χ2v) is 28.7. The summed E-state index contributed by atoms with van der Waals surface area (Å²) >= 11 is 15.9. The van der Waals surface area contributed by atoms with E-state index in [9.17, 15) is 50.4 Å². The highest BCUT2D eigenvalue weighted by Gasteiger charge is 2.65. The Morgan fingerprint density at radius 2 is 1.19 bits per heavy atom. The van der Waals surface area contributed by atoms with E-state index in [1.165, 1.54) is 21.1 Å². The lowest BCUT2D eigenvalue weighted by molar-refractivity contribution is -0.307. The number of aliphatic hydroxyl groups is 4. The van der Waals surface area contributed by atoms with Gasteiger partial charge in [0.05, 0.1) is 63.5 Å². The van der Waals surface area contributed by atoms with E-state index in [4.69, 9.17) is 147 Å². The zero-order valence-electron chi connectivity index (χ0n) is 45.6. The maximum Gasteiger partial charge on any atom is 0.324 e. The lowest BCUT2D eigenvalue weighted by Crippen LogP contribution is -2.70. The van der Waals surface area contributed by atoms with Crippen LogP contribution in [-0.2, 0) is 95.7 Å². The van der Waals surface area contributed by atoms with Gasteiger partial charge in [0, 0.05) is 30.7 Å². The van der Waals surface area contributed by atoms with Crippen molar-refractivity contribution in [3.8, 4) is 23.0 Å². The van der Waals surface area contributed by atoms with Crippen LogP contribution >= 0.6 is 20.2 Å². The summed E-state index contributed by atoms with van der Waals surface area (Å²) < 4.78 is 80.8. The molecular formula is C42H72B3N8O24P3S3. The molecule has 466 valence electrons. The minimum atomic E-state index is -4.12. The van der Waals surface area contributed by atoms with E-state index in [0.29, 0.717) is 0 Å². The molecule has 6 radical (unpaired) electrons. The molecule has 41 heteroatoms. The van der Waals surface area contributed by atoms with Gasteiger partial charge in [0.2, 0.25) is 12.0 Å². The molecule has 0 amide bonds. The Kier molecular flexibility index (Phi) is 24.8. The summed E-state index contributed by atoms with van der Waals surface area (Å²) in [5, 5.41) is 84.1. The van der Waals surface area contributed by atoms with Gasteiger partial charge < -0.3 is 149 Å². The van der Waals surface area contributed by atoms with Gasteiger partial charge in [-0.25, -0.2) is 9.98 Å². The van der Waals surface area contributed by atoms with Crippen LogP contribution in [0.5, 0.6) is 23.0 Å². The van der Waals surface area contributed by atoms with Gasteiger partial charge in [-0.15, -0.1) is 0 Å². The molecule has 5 heterocycles. The summed E-state index contributed by atoms with van der Waals surface area (Å²) in [6.07, 6.45) is -16.1. The zero-order valence-corrected chi connectivity index (χ0v) is 50.7. The second kappa shape index (κ2) is 29.2. The smallest absolute Gasteiger partial charge is 0.324 e. The van der Waals surface area contributed by atoms with Gasteiger partial charge in [0.25, 0.3) is 0 Å². The number of hydrogen-bond acceptors (Lipinski definition) is 28. The van der Waals surface area contributed by atoms with Crippen molar-refractivity contribution in [3.63, 3.8) is 0 Å². The fraction of sp³-hybridized carbons (Fsp3) is 0.810. The highest BCUT2D eigenvalue weighted by molar-refractivity contribution is 8.07. The molecule has 1 aromatic carbocycles. The third-order valence-electron chi connectivity index (χ3n) is 13.9. The molecule has 0 spiro atoms. The number of rotatable bonds is 29. The highest BCUT2D eigenvalue weighted by atomic mass is 32.5. The number of nitrogens with one attached hydrogen (secondary N) is 2. The van der Waals surface area contributed by atoms with Crippen molar-refractivity contribution in [2.75, 3.05) is 53.7 Å². The standard InChI is InChI=1S/C42H72B3N8O24P3S3/c1-16-42(60,36(74-37-29(50-4)33(58)30(55)20(12-54)72-37)38(68-16)73-35-28(53-40(48)49)31(56)27(52-39(46)47)32(57)34(35)59)41(2,3)51-7-6-8-65-78(61,81)75-18-10-25(44)70-22(18)14-67-80(63,83)77-19-11-26(45)71-23(19)15-66-79(62,82)76-17-9-24(43)69-21(17)13-64-5/h16-26,29-30,33,36-38,50-51,54-60H,6-15H2,1-5H3,(H,61,81)(H,62,82)(H,63,83)(H4,46,47,52)(H4,48,49,53). The van der Waals surface area contributed by atoms with E-state index < -0.39 is 195 Å². The van der Waals surface area contributed by atoms with E-state index in [-0.39, 0.29) is 52.0 Å². The predicted octanol–water partition coefficient (Wildman–Crippen LogP) is -4.01. The van der Waals surface area contributed by atoms with Crippen LogP contribution in [-0.4, -0.2) is 255 Å². The molecule has 83 heavy (non-hydrogen) atoms. The second-order valence-electron chi connectivity index (χ2n) is 20.3. The lowest BCUT2D eigenvalue weighted by atomic mass is 9.75. The molecule has 21 unspecified atom stereocenters. The molecule has 0 bridgehead atoms. The van der Waals surface area contributed by atoms with Crippen molar-refractivity contribution in [3.05, 3.63) is 0 Å². The molecule has 1 aromatic rings. The predicted molar refractivity (Wildman–Crippen MR) is 305 cm³/mol. The Hall–Kier alpha value is -1.78. The third kappa shape index (κ3) is 17.6. The number of likely N-dealkylation sites (N-methyl/N-ethyl adjacent to an activating group) is 1. The number of aliphatic imine (C=N–C) groups is 2. The minimum absolute atomic E-state index is 0.00103. The summed E-state index contributed by atoms with van der Waals surface area (Å²) in [6, 6.07) is -3.70. The van der Waals surface area contributed by atoms with E-state index in [0.717, 1.165) is 0 Å². The number of methoxy groups -OCH3 is 1. The first-order chi connectivity index (χ1) is 38.7. The Labute approximate surface area is 497 Å². The summed E-state index contributed by atoms with van der Waals surface area (Å²) in [6.45, 7) is -9.27. The summed E-state index contributed by atoms with van der Waals surface area (Å²) in [5.41, 5.74) is 17.0. The highest BCUT2D eigenvalue weighted by Crippen LogP contribution is 2.58. The van der Waals surface area contributed by atoms with Crippen LogP contribution < -0.4 is 38.3 Å². The Bertz CT molecular complexity index is 2590. The molecule has 21 atom stereocenters. The number of phenolic OH excluding ortho intramolecular Hbond substituents is 3. The van der Waals surface area contributed by atoms with E-state index in [1.807, 2.05) is 0 Å². The number of aliphatic hydroxyl groups excluding tert-OH is 3. The molecular weight excluding hydrogens is 1220 g/mol. The topological polar surface area (TPSA) is 484 Å². The number of aromatic hydroxyl groups is 3. The van der Waals surface area contributed by atoms with Crippen LogP contribution in [0.1, 0.15) is 46.5 Å². The lowest BCUT2D eigenvalue weighted by Gasteiger charge is -2.48. The number of nitrogens with two attached hydrogens (primary N) is 4. The average Bonchev–Trinajstić information content (AvgIpc) is 1.92. The molecule has 5 fully saturated rings. The van der Waals surface area contributed by atoms with Crippen molar-refractivity contribution in [2.24, 2.45) is 32.9 Å². The summed E-state index contributed by atoms with van der Waals surface area (Å²) in [4.78, 5) is 40.7. The van der Waals surface area contributed by atoms with Crippen LogP contribution in [0.4, 0.5) is 11.4 Å². The number of phenols is 3. The van der Waals surface area contributed by atoms with Crippen molar-refractivity contribution < 1.29 is 115 Å². The zero-order chi connectivity index (χ0) is 61.7. The first kappa shape index (κ1) is 70.3. The minimum Gasteiger partial charge on any atom is -0.504 e. The number of hydrogen-bond donors (Lipinski definition) is 16. The normalized spacial score (nSPS) is 36.0. The average molecular weight is 1290 g/mol. The number of guanidine groups is 2. The van der Waals surface area contributed by atoms with Gasteiger partial charge in [-0.3, -0.25) is 0 Å². The largest absolute Gasteiger partial charge is 0.504 e. The van der Waals surface area contributed by atoms with Gasteiger partial charge in [-0.2, -0.15) is 0 Å². The maximum atomic E-state index is 12.9.